The van der Waals surface area contributed by atoms with Gasteiger partial charge in [-0.25, -0.2) is 9.37 Å². The highest BCUT2D eigenvalue weighted by Crippen LogP contribution is 2.23. The largest absolute Gasteiger partial charge is 0.338 e. The molecule has 3 nitrogen and oxygen atoms in total. The number of rotatable bonds is 5. The summed E-state index contributed by atoms with van der Waals surface area (Å²) in [6, 6.07) is 5.03. The van der Waals surface area contributed by atoms with Crippen molar-refractivity contribution in [2.45, 2.75) is 19.4 Å². The smallest absolute Gasteiger partial charge is 0.124 e. The van der Waals surface area contributed by atoms with Crippen molar-refractivity contribution in [2.24, 2.45) is 7.05 Å². The minimum atomic E-state index is -0.230. The first kappa shape index (κ1) is 14.2. The number of benzene rings is 1. The van der Waals surface area contributed by atoms with Gasteiger partial charge in [-0.3, -0.25) is 0 Å². The van der Waals surface area contributed by atoms with E-state index in [4.69, 9.17) is 0 Å². The molecule has 0 bridgehead atoms. The van der Waals surface area contributed by atoms with E-state index in [0.29, 0.717) is 0 Å². The molecule has 2 aromatic rings. The van der Waals surface area contributed by atoms with Gasteiger partial charge in [0.2, 0.25) is 0 Å². The molecule has 0 saturated heterocycles. The number of halogens is 2. The molecule has 2 rings (SSSR count). The minimum Gasteiger partial charge on any atom is -0.338 e. The van der Waals surface area contributed by atoms with Gasteiger partial charge < -0.3 is 9.88 Å². The van der Waals surface area contributed by atoms with Crippen LogP contribution in [0.5, 0.6) is 0 Å². The lowest BCUT2D eigenvalue weighted by molar-refractivity contribution is 0.523. The third-order valence-corrected chi connectivity index (χ3v) is 3.50. The summed E-state index contributed by atoms with van der Waals surface area (Å²) in [4.78, 5) is 4.33. The first-order valence-corrected chi connectivity index (χ1v) is 7.05. The van der Waals surface area contributed by atoms with Crippen LogP contribution in [0.3, 0.4) is 0 Å². The Labute approximate surface area is 121 Å². The highest BCUT2D eigenvalue weighted by molar-refractivity contribution is 9.10. The fourth-order valence-corrected chi connectivity index (χ4v) is 2.59. The molecule has 1 aromatic carbocycles. The topological polar surface area (TPSA) is 29.9 Å². The second kappa shape index (κ2) is 6.30. The molecule has 1 unspecified atom stereocenters. The van der Waals surface area contributed by atoms with E-state index in [2.05, 4.69) is 26.2 Å². The molecule has 0 aliphatic rings. The zero-order valence-corrected chi connectivity index (χ0v) is 12.6. The second-order valence-corrected chi connectivity index (χ2v) is 5.39. The summed E-state index contributed by atoms with van der Waals surface area (Å²) in [6.45, 7) is 2.86. The molecule has 0 amide bonds. The molecule has 1 heterocycles. The third kappa shape index (κ3) is 3.64. The maximum atomic E-state index is 13.5. The van der Waals surface area contributed by atoms with Gasteiger partial charge in [-0.2, -0.15) is 0 Å². The maximum Gasteiger partial charge on any atom is 0.124 e. The molecule has 1 atom stereocenters. The fraction of sp³-hybridized carbons (Fsp3) is 0.357. The lowest BCUT2D eigenvalue weighted by Crippen LogP contribution is -2.24. The van der Waals surface area contributed by atoms with E-state index in [1.807, 2.05) is 30.8 Å². The van der Waals surface area contributed by atoms with Crippen LogP contribution in [0.4, 0.5) is 4.39 Å². The summed E-state index contributed by atoms with van der Waals surface area (Å²) >= 11 is 3.34. The Balaban J connectivity index is 2.26. The molecule has 0 fully saturated rings. The second-order valence-electron chi connectivity index (χ2n) is 4.47. The van der Waals surface area contributed by atoms with Crippen molar-refractivity contribution in [1.82, 2.24) is 14.9 Å². The van der Waals surface area contributed by atoms with Crippen molar-refractivity contribution in [1.29, 1.82) is 0 Å². The predicted octanol–water partition coefficient (Wildman–Crippen LogP) is 3.22. The number of aryl methyl sites for hydroxylation is 1. The molecular formula is C14H17BrFN3. The molecule has 19 heavy (non-hydrogen) atoms. The van der Waals surface area contributed by atoms with Crippen molar-refractivity contribution < 1.29 is 4.39 Å². The van der Waals surface area contributed by atoms with Crippen molar-refractivity contribution in [3.05, 3.63) is 52.3 Å². The van der Waals surface area contributed by atoms with Crippen LogP contribution in [0.25, 0.3) is 0 Å². The Bertz CT molecular complexity index is 533. The van der Waals surface area contributed by atoms with Crippen LogP contribution in [-0.4, -0.2) is 16.1 Å². The van der Waals surface area contributed by atoms with Gasteiger partial charge >= 0.3 is 0 Å². The molecule has 1 aromatic heterocycles. The lowest BCUT2D eigenvalue weighted by atomic mass is 10.0. The van der Waals surface area contributed by atoms with Crippen molar-refractivity contribution >= 4 is 15.9 Å². The van der Waals surface area contributed by atoms with Gasteiger partial charge in [0, 0.05) is 36.4 Å². The predicted molar refractivity (Wildman–Crippen MR) is 77.4 cm³/mol. The Kier molecular flexibility index (Phi) is 4.71. The summed E-state index contributed by atoms with van der Waals surface area (Å²) in [6.07, 6.45) is 4.42. The van der Waals surface area contributed by atoms with Crippen LogP contribution in [0.1, 0.15) is 24.4 Å². The highest BCUT2D eigenvalue weighted by Gasteiger charge is 2.15. The molecule has 1 N–H and O–H groups in total. The first-order chi connectivity index (χ1) is 9.10. The van der Waals surface area contributed by atoms with Gasteiger partial charge in [0.1, 0.15) is 11.6 Å². The van der Waals surface area contributed by atoms with E-state index in [-0.39, 0.29) is 11.9 Å². The summed E-state index contributed by atoms with van der Waals surface area (Å²) in [5.41, 5.74) is 0.928. The van der Waals surface area contributed by atoms with Crippen molar-refractivity contribution in [3.63, 3.8) is 0 Å². The van der Waals surface area contributed by atoms with Gasteiger partial charge in [-0.1, -0.05) is 22.9 Å². The normalized spacial score (nSPS) is 12.6. The molecule has 0 saturated carbocycles. The van der Waals surface area contributed by atoms with Crippen LogP contribution in [0.2, 0.25) is 0 Å². The van der Waals surface area contributed by atoms with Gasteiger partial charge in [0.15, 0.2) is 0 Å². The number of nitrogens with zero attached hydrogens (tertiary/aromatic N) is 2. The van der Waals surface area contributed by atoms with Crippen LogP contribution in [0.15, 0.2) is 35.1 Å². The van der Waals surface area contributed by atoms with E-state index in [0.717, 1.165) is 28.8 Å². The van der Waals surface area contributed by atoms with Crippen LogP contribution >= 0.6 is 15.9 Å². The SMILES string of the molecule is CCNC(Cc1nccn1C)c1cc(F)cc(Br)c1. The number of hydrogen-bond acceptors (Lipinski definition) is 2. The van der Waals surface area contributed by atoms with Gasteiger partial charge in [-0.05, 0) is 30.3 Å². The molecule has 0 radical (unpaired) electrons. The molecule has 0 aliphatic heterocycles. The highest BCUT2D eigenvalue weighted by atomic mass is 79.9. The number of imidazole rings is 1. The van der Waals surface area contributed by atoms with Crippen molar-refractivity contribution in [3.8, 4) is 0 Å². The van der Waals surface area contributed by atoms with E-state index in [1.165, 1.54) is 6.07 Å². The molecule has 0 spiro atoms. The summed E-state index contributed by atoms with van der Waals surface area (Å²) in [5.74, 6) is 0.749. The molecule has 0 aliphatic carbocycles. The zero-order chi connectivity index (χ0) is 13.8. The third-order valence-electron chi connectivity index (χ3n) is 3.05. The van der Waals surface area contributed by atoms with Crippen LogP contribution in [-0.2, 0) is 13.5 Å². The number of aromatic nitrogens is 2. The Morgan fingerprint density at radius 2 is 2.21 bits per heavy atom. The maximum absolute atomic E-state index is 13.5. The molecule has 102 valence electrons. The summed E-state index contributed by atoms with van der Waals surface area (Å²) < 4.78 is 16.2. The van der Waals surface area contributed by atoms with Gasteiger partial charge in [0.25, 0.3) is 0 Å². The number of nitrogens with one attached hydrogen (secondary N) is 1. The molecular weight excluding hydrogens is 309 g/mol. The fourth-order valence-electron chi connectivity index (χ4n) is 2.11. The van der Waals surface area contributed by atoms with Crippen LogP contribution < -0.4 is 5.32 Å². The average Bonchev–Trinajstić information content (AvgIpc) is 2.73. The number of likely N-dealkylation sites (N-methyl/N-ethyl adjacent to an activating group) is 1. The standard InChI is InChI=1S/C14H17BrFN3/c1-3-17-13(9-14-18-4-5-19(14)2)10-6-11(15)8-12(16)7-10/h4-8,13,17H,3,9H2,1-2H3. The van der Waals surface area contributed by atoms with Gasteiger partial charge in [0.05, 0.1) is 0 Å². The lowest BCUT2D eigenvalue weighted by Gasteiger charge is -2.18. The Morgan fingerprint density at radius 3 is 2.79 bits per heavy atom. The van der Waals surface area contributed by atoms with Gasteiger partial charge in [-0.15, -0.1) is 0 Å². The minimum absolute atomic E-state index is 0.0538. The van der Waals surface area contributed by atoms with E-state index < -0.39 is 0 Å². The summed E-state index contributed by atoms with van der Waals surface area (Å²) in [5, 5.41) is 3.38. The van der Waals surface area contributed by atoms with Crippen LogP contribution in [0, 0.1) is 5.82 Å². The zero-order valence-electron chi connectivity index (χ0n) is 11.0. The average molecular weight is 326 g/mol. The van der Waals surface area contributed by atoms with E-state index in [1.54, 1.807) is 12.3 Å². The first-order valence-electron chi connectivity index (χ1n) is 6.25. The molecule has 5 heteroatoms. The number of hydrogen-bond donors (Lipinski definition) is 1. The monoisotopic (exact) mass is 325 g/mol. The Hall–Kier alpha value is -1.20. The van der Waals surface area contributed by atoms with E-state index in [9.17, 15) is 4.39 Å². The summed E-state index contributed by atoms with van der Waals surface area (Å²) in [7, 11) is 1.97. The Morgan fingerprint density at radius 1 is 1.42 bits per heavy atom. The van der Waals surface area contributed by atoms with E-state index >= 15 is 0 Å². The van der Waals surface area contributed by atoms with Crippen molar-refractivity contribution in [2.75, 3.05) is 6.54 Å². The quantitative estimate of drug-likeness (QED) is 0.914.